The first kappa shape index (κ1) is 23.6. The molecule has 0 bridgehead atoms. The molecule has 0 saturated heterocycles. The first-order valence-electron chi connectivity index (χ1n) is 10.6. The maximum absolute atomic E-state index is 13.4. The molecule has 8 heteroatoms. The second kappa shape index (κ2) is 10.1. The number of ether oxygens (including phenoxy) is 2. The molecule has 1 heterocycles. The predicted molar refractivity (Wildman–Crippen MR) is 120 cm³/mol. The van der Waals surface area contributed by atoms with Gasteiger partial charge in [-0.05, 0) is 53.1 Å². The zero-order valence-corrected chi connectivity index (χ0v) is 18.1. The van der Waals surface area contributed by atoms with E-state index >= 15 is 0 Å². The van der Waals surface area contributed by atoms with E-state index in [1.165, 1.54) is 36.8 Å². The number of allylic oxidation sites excluding steroid dienone is 4. The fourth-order valence-corrected chi connectivity index (χ4v) is 3.95. The average molecular weight is 467 g/mol. The van der Waals surface area contributed by atoms with Crippen molar-refractivity contribution in [3.05, 3.63) is 113 Å². The second-order valence-corrected chi connectivity index (χ2v) is 7.88. The lowest BCUT2D eigenvalue weighted by molar-refractivity contribution is -0.107. The number of halogens is 2. The van der Waals surface area contributed by atoms with E-state index in [0.717, 1.165) is 12.4 Å². The molecule has 0 amide bonds. The van der Waals surface area contributed by atoms with Gasteiger partial charge in [-0.1, -0.05) is 18.2 Å². The molecule has 6 nitrogen and oxygen atoms in total. The number of benzene rings is 2. The van der Waals surface area contributed by atoms with Gasteiger partial charge in [0.05, 0.1) is 19.1 Å². The van der Waals surface area contributed by atoms with Gasteiger partial charge in [-0.3, -0.25) is 10.1 Å². The molecular weight excluding hydrogens is 444 g/mol. The molecule has 1 aliphatic carbocycles. The average Bonchev–Trinajstić information content (AvgIpc) is 2.82. The van der Waals surface area contributed by atoms with Crippen molar-refractivity contribution in [3.8, 4) is 5.75 Å². The van der Waals surface area contributed by atoms with E-state index in [2.05, 4.69) is 5.32 Å². The molecule has 34 heavy (non-hydrogen) atoms. The summed E-state index contributed by atoms with van der Waals surface area (Å²) in [5.74, 6) is -1.32. The smallest absolute Gasteiger partial charge is 0.150 e. The Morgan fingerprint density at radius 1 is 1.12 bits per heavy atom. The summed E-state index contributed by atoms with van der Waals surface area (Å²) in [5, 5.41) is 22.8. The standard InChI is InChI=1S/C26H23F2NO5/c27-20-11-17(12-21(28)13-20)14-29-25(32)7-10-34-26(19-1-3-22(31)4-2-19)8-5-18-16-33-9-6-23(18)24(26)15-30/h1-6,8-9,11-13,15-16,25,29,31-32H,7,10,14H2/t25-,26-/m1/s1. The van der Waals surface area contributed by atoms with Gasteiger partial charge < -0.3 is 19.7 Å². The van der Waals surface area contributed by atoms with Crippen LogP contribution in [0.5, 0.6) is 5.75 Å². The number of carbonyl (C=O) groups excluding carboxylic acids is 1. The zero-order valence-electron chi connectivity index (χ0n) is 18.1. The van der Waals surface area contributed by atoms with Crippen LogP contribution in [0.4, 0.5) is 8.78 Å². The molecule has 4 rings (SSSR count). The minimum absolute atomic E-state index is 0.0424. The Labute approximate surface area is 195 Å². The van der Waals surface area contributed by atoms with Gasteiger partial charge in [-0.2, -0.15) is 0 Å². The van der Waals surface area contributed by atoms with Crippen LogP contribution in [0.15, 0.2) is 89.9 Å². The van der Waals surface area contributed by atoms with Crippen LogP contribution >= 0.6 is 0 Å². The number of hydrogen-bond acceptors (Lipinski definition) is 6. The number of phenolic OH excluding ortho intramolecular Hbond substituents is 1. The maximum Gasteiger partial charge on any atom is 0.150 e. The minimum atomic E-state index is -1.25. The first-order chi connectivity index (χ1) is 16.4. The van der Waals surface area contributed by atoms with Crippen molar-refractivity contribution in [2.75, 3.05) is 6.61 Å². The molecule has 0 saturated carbocycles. The third kappa shape index (κ3) is 4.99. The minimum Gasteiger partial charge on any atom is -0.508 e. The van der Waals surface area contributed by atoms with Crippen molar-refractivity contribution in [2.45, 2.75) is 24.8 Å². The van der Waals surface area contributed by atoms with Gasteiger partial charge in [0.25, 0.3) is 0 Å². The van der Waals surface area contributed by atoms with Crippen molar-refractivity contribution < 1.29 is 33.3 Å². The van der Waals surface area contributed by atoms with Crippen molar-refractivity contribution >= 4 is 6.29 Å². The number of fused-ring (bicyclic) bond motifs is 1. The Morgan fingerprint density at radius 2 is 1.85 bits per heavy atom. The SMILES string of the molecule is O=CC1=C2C=COC=C2C=C[C@@]1(OCC[C@@H](O)NCc1cc(F)cc(F)c1)c1ccc(O)cc1. The highest BCUT2D eigenvalue weighted by molar-refractivity contribution is 5.84. The molecule has 0 fully saturated rings. The summed E-state index contributed by atoms with van der Waals surface area (Å²) in [4.78, 5) is 12.2. The number of aromatic hydroxyl groups is 1. The lowest BCUT2D eigenvalue weighted by atomic mass is 9.77. The molecule has 0 spiro atoms. The molecule has 0 aromatic heterocycles. The van der Waals surface area contributed by atoms with Crippen LogP contribution in [0.2, 0.25) is 0 Å². The van der Waals surface area contributed by atoms with Crippen LogP contribution in [-0.4, -0.2) is 29.3 Å². The molecule has 0 unspecified atom stereocenters. The molecule has 3 N–H and O–H groups in total. The number of aliphatic hydroxyl groups is 1. The molecule has 2 atom stereocenters. The van der Waals surface area contributed by atoms with Crippen molar-refractivity contribution in [1.82, 2.24) is 5.32 Å². The van der Waals surface area contributed by atoms with E-state index < -0.39 is 23.5 Å². The second-order valence-electron chi connectivity index (χ2n) is 7.88. The monoisotopic (exact) mass is 467 g/mol. The number of rotatable bonds is 9. The van der Waals surface area contributed by atoms with Crippen LogP contribution in [0, 0.1) is 11.6 Å². The normalized spacial score (nSPS) is 19.9. The predicted octanol–water partition coefficient (Wildman–Crippen LogP) is 3.87. The van der Waals surface area contributed by atoms with Gasteiger partial charge in [0.2, 0.25) is 0 Å². The highest BCUT2D eigenvalue weighted by Gasteiger charge is 2.40. The van der Waals surface area contributed by atoms with E-state index in [-0.39, 0.29) is 25.3 Å². The molecule has 2 aromatic carbocycles. The number of phenols is 1. The van der Waals surface area contributed by atoms with Gasteiger partial charge in [0.1, 0.15) is 35.5 Å². The number of nitrogens with one attached hydrogen (secondary N) is 1. The Balaban J connectivity index is 1.51. The van der Waals surface area contributed by atoms with Gasteiger partial charge >= 0.3 is 0 Å². The van der Waals surface area contributed by atoms with E-state index in [1.54, 1.807) is 30.4 Å². The molecule has 176 valence electrons. The first-order valence-corrected chi connectivity index (χ1v) is 10.6. The summed E-state index contributed by atoms with van der Waals surface area (Å²) in [7, 11) is 0. The Kier molecular flexibility index (Phi) is 7.02. The summed E-state index contributed by atoms with van der Waals surface area (Å²) in [6.45, 7) is 0.0994. The molecule has 1 aliphatic heterocycles. The summed E-state index contributed by atoms with van der Waals surface area (Å²) >= 11 is 0. The summed E-state index contributed by atoms with van der Waals surface area (Å²) in [6, 6.07) is 9.47. The van der Waals surface area contributed by atoms with E-state index in [9.17, 15) is 23.8 Å². The van der Waals surface area contributed by atoms with E-state index in [4.69, 9.17) is 9.47 Å². The summed E-state index contributed by atoms with van der Waals surface area (Å²) in [6.07, 6.45) is 8.02. The third-order valence-corrected chi connectivity index (χ3v) is 5.61. The molecule has 2 aliphatic rings. The van der Waals surface area contributed by atoms with Crippen LogP contribution in [0.1, 0.15) is 17.5 Å². The topological polar surface area (TPSA) is 88.0 Å². The molecular formula is C26H23F2NO5. The van der Waals surface area contributed by atoms with Crippen molar-refractivity contribution in [1.29, 1.82) is 0 Å². The van der Waals surface area contributed by atoms with E-state index in [0.29, 0.717) is 27.8 Å². The number of aliphatic hydroxyl groups excluding tert-OH is 1. The molecule has 0 radical (unpaired) electrons. The highest BCUT2D eigenvalue weighted by atomic mass is 19.1. The van der Waals surface area contributed by atoms with Crippen molar-refractivity contribution in [2.24, 2.45) is 0 Å². The lowest BCUT2D eigenvalue weighted by Crippen LogP contribution is -2.36. The van der Waals surface area contributed by atoms with Crippen LogP contribution < -0.4 is 5.32 Å². The van der Waals surface area contributed by atoms with Crippen molar-refractivity contribution in [3.63, 3.8) is 0 Å². The number of hydrogen-bond donors (Lipinski definition) is 3. The largest absolute Gasteiger partial charge is 0.508 e. The van der Waals surface area contributed by atoms with Gasteiger partial charge in [0.15, 0.2) is 0 Å². The Morgan fingerprint density at radius 3 is 2.56 bits per heavy atom. The summed E-state index contributed by atoms with van der Waals surface area (Å²) in [5.41, 5.74) is 1.42. The fourth-order valence-electron chi connectivity index (χ4n) is 3.95. The third-order valence-electron chi connectivity index (χ3n) is 5.61. The number of aldehydes is 1. The van der Waals surface area contributed by atoms with Gasteiger partial charge in [-0.25, -0.2) is 8.78 Å². The van der Waals surface area contributed by atoms with E-state index in [1.807, 2.05) is 0 Å². The zero-order chi connectivity index (χ0) is 24.1. The number of carbonyl (C=O) groups is 1. The lowest BCUT2D eigenvalue weighted by Gasteiger charge is -2.36. The van der Waals surface area contributed by atoms with Crippen LogP contribution in [0.3, 0.4) is 0 Å². The van der Waals surface area contributed by atoms with Gasteiger partial charge in [-0.15, -0.1) is 0 Å². The highest BCUT2D eigenvalue weighted by Crippen LogP contribution is 2.43. The van der Waals surface area contributed by atoms with Gasteiger partial charge in [0, 0.05) is 30.2 Å². The van der Waals surface area contributed by atoms with Crippen LogP contribution in [0.25, 0.3) is 0 Å². The maximum atomic E-state index is 13.4. The quantitative estimate of drug-likeness (QED) is 0.383. The van der Waals surface area contributed by atoms with Crippen LogP contribution in [-0.2, 0) is 26.4 Å². The fraction of sp³-hybridized carbons (Fsp3) is 0.192. The Bertz CT molecular complexity index is 1170. The molecule has 2 aromatic rings. The Hall–Kier alpha value is -3.59. The summed E-state index contributed by atoms with van der Waals surface area (Å²) < 4.78 is 38.1.